The van der Waals surface area contributed by atoms with Crippen LogP contribution in [0.5, 0.6) is 11.5 Å². The van der Waals surface area contributed by atoms with Gasteiger partial charge >= 0.3 is 15.3 Å². The predicted molar refractivity (Wildman–Crippen MR) is 125 cm³/mol. The monoisotopic (exact) mass is 475 g/mol. The Bertz CT molecular complexity index is 994. The molecule has 3 aromatic carbocycles. The second-order valence-electron chi connectivity index (χ2n) is 6.62. The molecule has 0 saturated carbocycles. The topological polar surface area (TPSA) is 83.1 Å². The van der Waals surface area contributed by atoms with Crippen LogP contribution in [0.3, 0.4) is 0 Å². The summed E-state index contributed by atoms with van der Waals surface area (Å²) < 4.78 is 50.5. The number of benzene rings is 3. The second-order valence-corrected chi connectivity index (χ2v) is 10.4. The van der Waals surface area contributed by atoms with Gasteiger partial charge in [0.1, 0.15) is 11.5 Å². The Balaban J connectivity index is 2.09. The van der Waals surface area contributed by atoms with Crippen LogP contribution in [0.25, 0.3) is 0 Å². The van der Waals surface area contributed by atoms with Crippen molar-refractivity contribution < 1.29 is 27.2 Å². The van der Waals surface area contributed by atoms with Gasteiger partial charge in [-0.25, -0.2) is 14.2 Å². The van der Waals surface area contributed by atoms with Gasteiger partial charge in [0.05, 0.1) is 13.2 Å². The van der Waals surface area contributed by atoms with Crippen molar-refractivity contribution >= 4 is 15.3 Å². The van der Waals surface area contributed by atoms with E-state index in [0.29, 0.717) is 17.1 Å². The molecule has 0 amide bonds. The summed E-state index contributed by atoms with van der Waals surface area (Å²) in [4.78, 5) is 0. The maximum absolute atomic E-state index is 14.4. The maximum atomic E-state index is 14.4. The Morgan fingerprint density at radius 1 is 0.688 bits per heavy atom. The van der Waals surface area contributed by atoms with E-state index in [2.05, 4.69) is 5.09 Å². The van der Waals surface area contributed by atoms with Crippen LogP contribution in [0, 0.1) is 0 Å². The summed E-state index contributed by atoms with van der Waals surface area (Å²) in [7, 11) is -7.91. The fourth-order valence-corrected chi connectivity index (χ4v) is 6.90. The first-order valence-electron chi connectivity index (χ1n) is 10.3. The first-order valence-corrected chi connectivity index (χ1v) is 13.4. The van der Waals surface area contributed by atoms with E-state index in [-0.39, 0.29) is 13.2 Å². The molecule has 9 heteroatoms. The molecule has 3 aromatic rings. The Morgan fingerprint density at radius 2 is 1.09 bits per heavy atom. The molecule has 1 N–H and O–H groups in total. The molecular formula is C23H27NO6P2. The third-order valence-corrected chi connectivity index (χ3v) is 8.23. The Hall–Kier alpha value is -2.40. The summed E-state index contributed by atoms with van der Waals surface area (Å²) in [5.41, 5.74) is 0.544. The standard InChI is InChI=1S/C23H27NO6P2/c1-3-27-32(26,28-4-2)24-23(20-14-8-5-9-15-20)31(25,29-21-16-10-6-11-17-21)30-22-18-12-7-13-19-22/h5-19,23H,3-4H2,1-2H3,(H,24,26). The molecule has 0 bridgehead atoms. The smallest absolute Gasteiger partial charge is 0.415 e. The molecule has 0 aliphatic rings. The molecule has 0 aliphatic carbocycles. The molecule has 32 heavy (non-hydrogen) atoms. The number of hydrogen-bond acceptors (Lipinski definition) is 6. The molecule has 0 fully saturated rings. The van der Waals surface area contributed by atoms with Gasteiger partial charge in [-0.2, -0.15) is 0 Å². The van der Waals surface area contributed by atoms with Crippen molar-refractivity contribution in [2.75, 3.05) is 13.2 Å². The van der Waals surface area contributed by atoms with E-state index in [1.165, 1.54) is 0 Å². The minimum Gasteiger partial charge on any atom is -0.415 e. The highest BCUT2D eigenvalue weighted by atomic mass is 31.2. The van der Waals surface area contributed by atoms with Crippen molar-refractivity contribution in [3.8, 4) is 11.5 Å². The summed E-state index contributed by atoms with van der Waals surface area (Å²) in [6.07, 6.45) is 0. The summed E-state index contributed by atoms with van der Waals surface area (Å²) in [5, 5.41) is 2.83. The van der Waals surface area contributed by atoms with E-state index >= 15 is 0 Å². The number of rotatable bonds is 12. The Labute approximate surface area is 188 Å². The lowest BCUT2D eigenvalue weighted by Gasteiger charge is -2.30. The summed E-state index contributed by atoms with van der Waals surface area (Å²) in [6, 6.07) is 26.3. The lowest BCUT2D eigenvalue weighted by atomic mass is 10.2. The molecule has 0 heterocycles. The number of hydrogen-bond donors (Lipinski definition) is 1. The molecule has 3 rings (SSSR count). The minimum absolute atomic E-state index is 0.134. The second kappa shape index (κ2) is 11.5. The summed E-state index contributed by atoms with van der Waals surface area (Å²) in [5.74, 6) is -0.456. The van der Waals surface area contributed by atoms with Crippen LogP contribution in [0.2, 0.25) is 0 Å². The molecule has 0 saturated heterocycles. The highest BCUT2D eigenvalue weighted by molar-refractivity contribution is 7.57. The van der Waals surface area contributed by atoms with Crippen LogP contribution in [-0.4, -0.2) is 13.2 Å². The number of para-hydroxylation sites is 2. The zero-order valence-corrected chi connectivity index (χ0v) is 19.8. The normalized spacial score (nSPS) is 12.8. The van der Waals surface area contributed by atoms with E-state index in [4.69, 9.17) is 18.1 Å². The molecule has 1 atom stereocenters. The minimum atomic E-state index is -4.08. The van der Waals surface area contributed by atoms with Crippen LogP contribution < -0.4 is 14.1 Å². The van der Waals surface area contributed by atoms with Crippen LogP contribution in [0.1, 0.15) is 25.2 Å². The average Bonchev–Trinajstić information content (AvgIpc) is 2.80. The third-order valence-electron chi connectivity index (χ3n) is 4.26. The van der Waals surface area contributed by atoms with Crippen molar-refractivity contribution in [2.24, 2.45) is 0 Å². The van der Waals surface area contributed by atoms with Crippen LogP contribution >= 0.6 is 15.3 Å². The molecule has 170 valence electrons. The average molecular weight is 475 g/mol. The van der Waals surface area contributed by atoms with Crippen molar-refractivity contribution in [1.82, 2.24) is 5.09 Å². The van der Waals surface area contributed by atoms with E-state index in [1.807, 2.05) is 18.2 Å². The zero-order valence-electron chi connectivity index (χ0n) is 18.0. The molecule has 0 aromatic heterocycles. The van der Waals surface area contributed by atoms with Gasteiger partial charge in [0.15, 0.2) is 5.78 Å². The van der Waals surface area contributed by atoms with Gasteiger partial charge in [0.25, 0.3) is 0 Å². The van der Waals surface area contributed by atoms with Gasteiger partial charge in [0, 0.05) is 0 Å². The fourth-order valence-electron chi connectivity index (χ4n) is 2.95. The SMILES string of the molecule is CCOP(=O)(NC(c1ccccc1)P(=O)(Oc1ccccc1)Oc1ccccc1)OCC. The summed E-state index contributed by atoms with van der Waals surface area (Å²) >= 11 is 0. The van der Waals surface area contributed by atoms with Crippen LogP contribution in [-0.2, 0) is 18.2 Å². The van der Waals surface area contributed by atoms with Gasteiger partial charge in [-0.15, -0.1) is 0 Å². The first-order chi connectivity index (χ1) is 15.5. The predicted octanol–water partition coefficient (Wildman–Crippen LogP) is 6.81. The summed E-state index contributed by atoms with van der Waals surface area (Å²) in [6.45, 7) is 3.67. The molecular weight excluding hydrogens is 448 g/mol. The van der Waals surface area contributed by atoms with Crippen LogP contribution in [0.15, 0.2) is 91.0 Å². The highest BCUT2D eigenvalue weighted by Crippen LogP contribution is 2.62. The van der Waals surface area contributed by atoms with Gasteiger partial charge in [0.2, 0.25) is 0 Å². The molecule has 7 nitrogen and oxygen atoms in total. The quantitative estimate of drug-likeness (QED) is 0.288. The van der Waals surface area contributed by atoms with Gasteiger partial charge in [-0.05, 0) is 43.7 Å². The van der Waals surface area contributed by atoms with E-state index in [0.717, 1.165) is 0 Å². The zero-order chi connectivity index (χ0) is 22.9. The Morgan fingerprint density at radius 3 is 1.50 bits per heavy atom. The highest BCUT2D eigenvalue weighted by Gasteiger charge is 2.45. The van der Waals surface area contributed by atoms with Gasteiger partial charge < -0.3 is 9.05 Å². The maximum Gasteiger partial charge on any atom is 0.452 e. The van der Waals surface area contributed by atoms with Gasteiger partial charge in [-0.1, -0.05) is 66.7 Å². The Kier molecular flexibility index (Phi) is 8.68. The van der Waals surface area contributed by atoms with E-state index in [9.17, 15) is 9.13 Å². The van der Waals surface area contributed by atoms with Crippen LogP contribution in [0.4, 0.5) is 0 Å². The third kappa shape index (κ3) is 6.55. The van der Waals surface area contributed by atoms with E-state index in [1.54, 1.807) is 86.6 Å². The molecule has 0 aliphatic heterocycles. The van der Waals surface area contributed by atoms with Crippen molar-refractivity contribution in [3.05, 3.63) is 96.6 Å². The molecule has 1 unspecified atom stereocenters. The van der Waals surface area contributed by atoms with Crippen molar-refractivity contribution in [3.63, 3.8) is 0 Å². The molecule has 0 radical (unpaired) electrons. The number of nitrogens with one attached hydrogen (secondary N) is 1. The fraction of sp³-hybridized carbons (Fsp3) is 0.217. The van der Waals surface area contributed by atoms with Gasteiger partial charge in [-0.3, -0.25) is 9.05 Å². The lowest BCUT2D eigenvalue weighted by Crippen LogP contribution is -2.25. The van der Waals surface area contributed by atoms with Crippen molar-refractivity contribution in [2.45, 2.75) is 19.6 Å². The molecule has 0 spiro atoms. The van der Waals surface area contributed by atoms with Crippen molar-refractivity contribution in [1.29, 1.82) is 0 Å². The lowest BCUT2D eigenvalue weighted by molar-refractivity contribution is 0.208. The van der Waals surface area contributed by atoms with E-state index < -0.39 is 21.1 Å². The first kappa shape index (κ1) is 24.2. The largest absolute Gasteiger partial charge is 0.452 e.